The van der Waals surface area contributed by atoms with E-state index in [4.69, 9.17) is 5.41 Å². The lowest BCUT2D eigenvalue weighted by atomic mass is 10.3. The van der Waals surface area contributed by atoms with Crippen LogP contribution in [-0.4, -0.2) is 24.6 Å². The average molecular weight is 146 g/mol. The molecule has 0 atom stereocenters. The van der Waals surface area contributed by atoms with Crippen LogP contribution >= 0.6 is 7.92 Å². The van der Waals surface area contributed by atoms with Crippen LogP contribution in [0.25, 0.3) is 0 Å². The first kappa shape index (κ1) is 8.77. The summed E-state index contributed by atoms with van der Waals surface area (Å²) in [5, 5.41) is 5.47. The Morgan fingerprint density at radius 2 is 2.00 bits per heavy atom. The van der Waals surface area contributed by atoms with Crippen LogP contribution in [0.1, 0.15) is 13.3 Å². The summed E-state index contributed by atoms with van der Waals surface area (Å²) >= 11 is 0. The molecule has 0 aromatic heterocycles. The Kier molecular flexibility index (Phi) is 3.64. The Labute approximate surface area is 56.9 Å². The van der Waals surface area contributed by atoms with Crippen LogP contribution in [0, 0.1) is 0 Å². The fourth-order valence-electron chi connectivity index (χ4n) is 0.431. The zero-order chi connectivity index (χ0) is 7.44. The Morgan fingerprint density at radius 1 is 1.56 bits per heavy atom. The molecule has 9 heavy (non-hydrogen) atoms. The molecule has 0 amide bonds. The molecule has 52 valence electrons. The maximum absolute atomic E-state index is 10.8. The van der Waals surface area contributed by atoms with Crippen LogP contribution in [0.4, 0.5) is 0 Å². The van der Waals surface area contributed by atoms with Gasteiger partial charge in [0, 0.05) is 6.42 Å². The van der Waals surface area contributed by atoms with E-state index in [1.54, 1.807) is 0 Å². The molecule has 3 heteroatoms. The summed E-state index contributed by atoms with van der Waals surface area (Å²) in [6, 6.07) is 0. The van der Waals surface area contributed by atoms with Crippen LogP contribution < -0.4 is 5.41 Å². The van der Waals surface area contributed by atoms with Crippen LogP contribution in [0.3, 0.4) is 0 Å². The van der Waals surface area contributed by atoms with Gasteiger partial charge in [0.15, 0.2) is 0 Å². The standard InChI is InChI=1S/C6H12NOP/c1-4-5(8)6(7)9(2)3/h7H,4H2,1-3H3/p+1. The van der Waals surface area contributed by atoms with E-state index >= 15 is 0 Å². The number of carbonyl (C=O) groups excluding carboxylic acids is 1. The molecule has 0 bridgehead atoms. The second kappa shape index (κ2) is 3.73. The van der Waals surface area contributed by atoms with E-state index in [1.165, 1.54) is 0 Å². The molecule has 2 nitrogen and oxygen atoms in total. The third-order valence-corrected chi connectivity index (χ3v) is 2.30. The fraction of sp³-hybridized carbons (Fsp3) is 0.667. The van der Waals surface area contributed by atoms with Gasteiger partial charge in [0.25, 0.3) is 0 Å². The molecule has 0 unspecified atom stereocenters. The van der Waals surface area contributed by atoms with Crippen molar-refractivity contribution in [3.8, 4) is 0 Å². The lowest BCUT2D eigenvalue weighted by molar-refractivity contribution is -0.131. The molecule has 0 saturated carbocycles. The number of nitrogens with two attached hydrogens (primary N) is 1. The van der Waals surface area contributed by atoms with Gasteiger partial charge in [-0.2, -0.15) is 0 Å². The first-order valence-electron chi connectivity index (χ1n) is 2.92. The molecule has 0 heterocycles. The second-order valence-electron chi connectivity index (χ2n) is 2.06. The molecule has 0 aromatic carbocycles. The average Bonchev–Trinajstić information content (AvgIpc) is 1.84. The summed E-state index contributed by atoms with van der Waals surface area (Å²) in [7, 11) is -0.362. The largest absolute Gasteiger partial charge is 0.287 e. The number of carbonyl (C=O) groups is 1. The summed E-state index contributed by atoms with van der Waals surface area (Å²) in [6.45, 7) is 5.80. The predicted molar refractivity (Wildman–Crippen MR) is 41.0 cm³/mol. The quantitative estimate of drug-likeness (QED) is 0.437. The normalized spacial score (nSPS) is 9.78. The first-order chi connectivity index (χ1) is 4.09. The van der Waals surface area contributed by atoms with Gasteiger partial charge in [0.1, 0.15) is 0 Å². The summed E-state index contributed by atoms with van der Waals surface area (Å²) in [5.74, 6) is 0.103. The SMILES string of the molecule is CCC(=O)C(=[NH2+])P(C)C. The van der Waals surface area contributed by atoms with E-state index in [0.717, 1.165) is 0 Å². The highest BCUT2D eigenvalue weighted by atomic mass is 31.1. The first-order valence-corrected chi connectivity index (χ1v) is 5.16. The van der Waals surface area contributed by atoms with E-state index in [1.807, 2.05) is 20.3 Å². The Hall–Kier alpha value is -0.230. The number of ketones is 1. The van der Waals surface area contributed by atoms with Crippen molar-refractivity contribution in [2.45, 2.75) is 13.3 Å². The predicted octanol–water partition coefficient (Wildman–Crippen LogP) is -0.135. The van der Waals surface area contributed by atoms with Crippen molar-refractivity contribution in [1.82, 2.24) is 0 Å². The highest BCUT2D eigenvalue weighted by Crippen LogP contribution is 2.24. The van der Waals surface area contributed by atoms with Crippen LogP contribution in [-0.2, 0) is 4.79 Å². The summed E-state index contributed by atoms with van der Waals surface area (Å²) in [4.78, 5) is 10.8. The second-order valence-corrected chi connectivity index (χ2v) is 4.33. The van der Waals surface area contributed by atoms with Gasteiger partial charge in [0.05, 0.1) is 0 Å². The molecule has 0 aliphatic heterocycles. The molecular formula is C6H13NOP+. The third kappa shape index (κ3) is 2.71. The van der Waals surface area contributed by atoms with Gasteiger partial charge in [-0.15, -0.1) is 0 Å². The van der Waals surface area contributed by atoms with Crippen LogP contribution in [0.5, 0.6) is 0 Å². The van der Waals surface area contributed by atoms with Crippen molar-refractivity contribution in [2.75, 3.05) is 13.3 Å². The van der Waals surface area contributed by atoms with E-state index < -0.39 is 0 Å². The van der Waals surface area contributed by atoms with Crippen molar-refractivity contribution in [1.29, 1.82) is 0 Å². The summed E-state index contributed by atoms with van der Waals surface area (Å²) < 4.78 is 0. The van der Waals surface area contributed by atoms with Crippen molar-refractivity contribution in [3.63, 3.8) is 0 Å². The minimum atomic E-state index is -0.362. The van der Waals surface area contributed by atoms with E-state index in [0.29, 0.717) is 11.9 Å². The summed E-state index contributed by atoms with van der Waals surface area (Å²) in [6.07, 6.45) is 0.534. The highest BCUT2D eigenvalue weighted by Gasteiger charge is 2.15. The Bertz CT molecular complexity index is 131. The van der Waals surface area contributed by atoms with E-state index in [2.05, 4.69) is 0 Å². The smallest absolute Gasteiger partial charge is 0.235 e. The minimum Gasteiger partial charge on any atom is -0.287 e. The van der Waals surface area contributed by atoms with E-state index in [9.17, 15) is 4.79 Å². The zero-order valence-electron chi connectivity index (χ0n) is 6.14. The monoisotopic (exact) mass is 146 g/mol. The van der Waals surface area contributed by atoms with Crippen molar-refractivity contribution in [2.24, 2.45) is 0 Å². The van der Waals surface area contributed by atoms with Gasteiger partial charge in [-0.25, -0.2) is 0 Å². The van der Waals surface area contributed by atoms with Gasteiger partial charge >= 0.3 is 0 Å². The minimum absolute atomic E-state index is 0.103. The van der Waals surface area contributed by atoms with Crippen molar-refractivity contribution >= 4 is 19.2 Å². The molecule has 0 aliphatic carbocycles. The Balaban J connectivity index is 3.89. The molecule has 0 aromatic rings. The molecule has 2 N–H and O–H groups in total. The molecule has 0 fully saturated rings. The van der Waals surface area contributed by atoms with Gasteiger partial charge in [0.2, 0.25) is 11.2 Å². The van der Waals surface area contributed by atoms with Gasteiger partial charge in [-0.3, -0.25) is 10.2 Å². The maximum Gasteiger partial charge on any atom is 0.235 e. The molecule has 0 saturated heterocycles. The molecule has 0 aliphatic rings. The number of hydrogen-bond acceptors (Lipinski definition) is 1. The van der Waals surface area contributed by atoms with E-state index in [-0.39, 0.29) is 13.7 Å². The molecular weight excluding hydrogens is 133 g/mol. The molecule has 0 rings (SSSR count). The van der Waals surface area contributed by atoms with Gasteiger partial charge < -0.3 is 0 Å². The Morgan fingerprint density at radius 3 is 2.11 bits per heavy atom. The summed E-state index contributed by atoms with van der Waals surface area (Å²) in [5.41, 5.74) is 0.563. The topological polar surface area (TPSA) is 42.7 Å². The maximum atomic E-state index is 10.8. The lowest BCUT2D eigenvalue weighted by Gasteiger charge is -1.97. The number of Topliss-reactive ketones (excluding diaryl/α,β-unsaturated/α-hetero) is 1. The van der Waals surface area contributed by atoms with Crippen molar-refractivity contribution in [3.05, 3.63) is 0 Å². The third-order valence-electron chi connectivity index (χ3n) is 1.09. The fourth-order valence-corrected chi connectivity index (χ4v) is 1.09. The number of rotatable bonds is 3. The van der Waals surface area contributed by atoms with Gasteiger partial charge in [-0.05, 0) is 21.3 Å². The van der Waals surface area contributed by atoms with Crippen LogP contribution in [0.2, 0.25) is 0 Å². The molecule has 0 radical (unpaired) electrons. The highest BCUT2D eigenvalue weighted by molar-refractivity contribution is 7.76. The number of hydrogen-bond donors (Lipinski definition) is 1. The van der Waals surface area contributed by atoms with Gasteiger partial charge in [-0.1, -0.05) is 6.92 Å². The van der Waals surface area contributed by atoms with Crippen molar-refractivity contribution < 1.29 is 10.2 Å². The zero-order valence-corrected chi connectivity index (χ0v) is 7.03. The lowest BCUT2D eigenvalue weighted by Crippen LogP contribution is -2.43. The molecule has 0 spiro atoms. The van der Waals surface area contributed by atoms with Crippen LogP contribution in [0.15, 0.2) is 0 Å².